The van der Waals surface area contributed by atoms with Crippen molar-refractivity contribution < 1.29 is 9.47 Å². The number of hydrogen-bond acceptors (Lipinski definition) is 4. The molecule has 0 bridgehead atoms. The molecule has 18 heavy (non-hydrogen) atoms. The minimum atomic E-state index is 0.127. The van der Waals surface area contributed by atoms with Crippen molar-refractivity contribution in [3.63, 3.8) is 0 Å². The second-order valence-electron chi connectivity index (χ2n) is 5.07. The Morgan fingerprint density at radius 2 is 2.22 bits per heavy atom. The first-order valence-electron chi connectivity index (χ1n) is 6.58. The highest BCUT2D eigenvalue weighted by molar-refractivity contribution is 5.53. The highest BCUT2D eigenvalue weighted by Gasteiger charge is 2.31. The van der Waals surface area contributed by atoms with Gasteiger partial charge in [0.05, 0.1) is 24.4 Å². The Morgan fingerprint density at radius 3 is 2.83 bits per heavy atom. The maximum Gasteiger partial charge on any atom is 0.237 e. The highest BCUT2D eigenvalue weighted by atomic mass is 16.5. The summed E-state index contributed by atoms with van der Waals surface area (Å²) >= 11 is 0. The van der Waals surface area contributed by atoms with Crippen molar-refractivity contribution in [3.8, 4) is 5.88 Å². The Labute approximate surface area is 109 Å². The van der Waals surface area contributed by atoms with Gasteiger partial charge in [-0.3, -0.25) is 0 Å². The number of nitrogens with one attached hydrogen (secondary N) is 1. The van der Waals surface area contributed by atoms with Crippen molar-refractivity contribution in [2.45, 2.75) is 38.8 Å². The summed E-state index contributed by atoms with van der Waals surface area (Å²) in [4.78, 5) is 4.29. The molecule has 1 saturated carbocycles. The molecule has 0 saturated heterocycles. The molecule has 1 N–H and O–H groups in total. The van der Waals surface area contributed by atoms with E-state index in [2.05, 4.69) is 10.3 Å². The highest BCUT2D eigenvalue weighted by Crippen LogP contribution is 2.35. The van der Waals surface area contributed by atoms with Gasteiger partial charge >= 0.3 is 0 Å². The molecule has 1 aliphatic rings. The van der Waals surface area contributed by atoms with Crippen LogP contribution in [0.25, 0.3) is 0 Å². The Kier molecular flexibility index (Phi) is 4.42. The zero-order valence-corrected chi connectivity index (χ0v) is 11.3. The minimum absolute atomic E-state index is 0.127. The molecule has 4 heteroatoms. The summed E-state index contributed by atoms with van der Waals surface area (Å²) in [6.07, 6.45) is 4.44. The van der Waals surface area contributed by atoms with E-state index in [0.29, 0.717) is 11.9 Å². The Balaban J connectivity index is 2.06. The molecular weight excluding hydrogens is 228 g/mol. The predicted molar refractivity (Wildman–Crippen MR) is 72.0 cm³/mol. The lowest BCUT2D eigenvalue weighted by atomic mass is 10.2. The van der Waals surface area contributed by atoms with Crippen LogP contribution in [-0.2, 0) is 4.74 Å². The third-order valence-electron chi connectivity index (χ3n) is 3.00. The van der Waals surface area contributed by atoms with Crippen molar-refractivity contribution >= 4 is 5.69 Å². The molecule has 1 aromatic rings. The van der Waals surface area contributed by atoms with Crippen LogP contribution in [0.4, 0.5) is 5.69 Å². The number of ether oxygens (including phenoxy) is 2. The molecule has 4 nitrogen and oxygen atoms in total. The quantitative estimate of drug-likeness (QED) is 0.808. The van der Waals surface area contributed by atoms with Crippen LogP contribution in [0.1, 0.15) is 26.7 Å². The number of pyridine rings is 1. The van der Waals surface area contributed by atoms with Crippen molar-refractivity contribution in [1.82, 2.24) is 4.98 Å². The first-order valence-corrected chi connectivity index (χ1v) is 6.58. The van der Waals surface area contributed by atoms with Crippen LogP contribution in [0.15, 0.2) is 18.3 Å². The van der Waals surface area contributed by atoms with Crippen LogP contribution in [0.2, 0.25) is 0 Å². The van der Waals surface area contributed by atoms with Crippen molar-refractivity contribution in [2.24, 2.45) is 5.92 Å². The third-order valence-corrected chi connectivity index (χ3v) is 3.00. The number of hydrogen-bond donors (Lipinski definition) is 1. The normalized spacial score (nSPS) is 16.7. The van der Waals surface area contributed by atoms with E-state index in [1.807, 2.05) is 26.0 Å². The third kappa shape index (κ3) is 3.60. The summed E-state index contributed by atoms with van der Waals surface area (Å²) in [5.41, 5.74) is 0.958. The molecule has 0 amide bonds. The Bertz CT molecular complexity index is 378. The van der Waals surface area contributed by atoms with Crippen LogP contribution in [-0.4, -0.2) is 30.8 Å². The van der Waals surface area contributed by atoms with Gasteiger partial charge in [-0.1, -0.05) is 0 Å². The van der Waals surface area contributed by atoms with Gasteiger partial charge in [-0.25, -0.2) is 4.98 Å². The van der Waals surface area contributed by atoms with Crippen molar-refractivity contribution in [2.75, 3.05) is 19.0 Å². The van der Waals surface area contributed by atoms with E-state index in [4.69, 9.17) is 9.47 Å². The molecular formula is C14H22N2O2. The van der Waals surface area contributed by atoms with E-state index < -0.39 is 0 Å². The molecule has 2 rings (SSSR count). The van der Waals surface area contributed by atoms with Crippen LogP contribution in [0.5, 0.6) is 5.88 Å². The average Bonchev–Trinajstić information content (AvgIpc) is 3.14. The summed E-state index contributed by atoms with van der Waals surface area (Å²) in [5, 5.41) is 3.50. The lowest BCUT2D eigenvalue weighted by Crippen LogP contribution is -2.27. The average molecular weight is 250 g/mol. The lowest BCUT2D eigenvalue weighted by molar-refractivity contribution is 0.178. The molecule has 100 valence electrons. The second kappa shape index (κ2) is 6.05. The number of methoxy groups -OCH3 is 1. The monoisotopic (exact) mass is 250 g/mol. The summed E-state index contributed by atoms with van der Waals surface area (Å²) in [6, 6.07) is 4.29. The molecule has 1 aromatic heterocycles. The number of rotatable bonds is 7. The van der Waals surface area contributed by atoms with Crippen LogP contribution >= 0.6 is 0 Å². The zero-order valence-electron chi connectivity index (χ0n) is 11.3. The smallest absolute Gasteiger partial charge is 0.237 e. The van der Waals surface area contributed by atoms with Gasteiger partial charge in [0, 0.05) is 13.3 Å². The van der Waals surface area contributed by atoms with E-state index >= 15 is 0 Å². The van der Waals surface area contributed by atoms with Gasteiger partial charge in [-0.05, 0) is 44.7 Å². The number of aromatic nitrogens is 1. The van der Waals surface area contributed by atoms with Gasteiger partial charge in [0.1, 0.15) is 0 Å². The zero-order chi connectivity index (χ0) is 13.0. The van der Waals surface area contributed by atoms with Gasteiger partial charge in [-0.15, -0.1) is 0 Å². The fraction of sp³-hybridized carbons (Fsp3) is 0.643. The summed E-state index contributed by atoms with van der Waals surface area (Å²) in [5.74, 6) is 1.39. The largest absolute Gasteiger partial charge is 0.473 e. The summed E-state index contributed by atoms with van der Waals surface area (Å²) < 4.78 is 11.0. The van der Waals surface area contributed by atoms with Gasteiger partial charge in [0.15, 0.2) is 0 Å². The summed E-state index contributed by atoms with van der Waals surface area (Å²) in [7, 11) is 1.74. The van der Waals surface area contributed by atoms with Gasteiger partial charge in [0.2, 0.25) is 5.88 Å². The maximum atomic E-state index is 5.71. The van der Waals surface area contributed by atoms with Crippen LogP contribution in [0, 0.1) is 5.92 Å². The molecule has 0 spiro atoms. The molecule has 1 unspecified atom stereocenters. The molecule has 1 aliphatic carbocycles. The molecule has 0 aromatic carbocycles. The van der Waals surface area contributed by atoms with Crippen molar-refractivity contribution in [1.29, 1.82) is 0 Å². The van der Waals surface area contributed by atoms with E-state index in [0.717, 1.165) is 18.2 Å². The minimum Gasteiger partial charge on any atom is -0.473 e. The molecule has 1 fully saturated rings. The maximum absolute atomic E-state index is 5.71. The molecule has 0 radical (unpaired) electrons. The van der Waals surface area contributed by atoms with E-state index in [1.54, 1.807) is 13.3 Å². The number of anilines is 1. The summed E-state index contributed by atoms with van der Waals surface area (Å²) in [6.45, 7) is 4.73. The van der Waals surface area contributed by atoms with E-state index in [1.165, 1.54) is 12.8 Å². The Morgan fingerprint density at radius 1 is 1.44 bits per heavy atom. The first kappa shape index (κ1) is 13.1. The fourth-order valence-corrected chi connectivity index (χ4v) is 1.99. The van der Waals surface area contributed by atoms with Gasteiger partial charge < -0.3 is 14.8 Å². The Hall–Kier alpha value is -1.29. The molecule has 1 atom stereocenters. The van der Waals surface area contributed by atoms with Gasteiger partial charge in [-0.2, -0.15) is 0 Å². The molecule has 0 aliphatic heterocycles. The van der Waals surface area contributed by atoms with E-state index in [-0.39, 0.29) is 6.10 Å². The first-order chi connectivity index (χ1) is 8.70. The molecule has 1 heterocycles. The van der Waals surface area contributed by atoms with Gasteiger partial charge in [0.25, 0.3) is 0 Å². The van der Waals surface area contributed by atoms with Crippen LogP contribution in [0.3, 0.4) is 0 Å². The fourth-order valence-electron chi connectivity index (χ4n) is 1.99. The predicted octanol–water partition coefficient (Wildman–Crippen LogP) is 2.71. The van der Waals surface area contributed by atoms with Crippen molar-refractivity contribution in [3.05, 3.63) is 18.3 Å². The second-order valence-corrected chi connectivity index (χ2v) is 5.07. The lowest BCUT2D eigenvalue weighted by Gasteiger charge is -2.21. The van der Waals surface area contributed by atoms with Crippen LogP contribution < -0.4 is 10.1 Å². The van der Waals surface area contributed by atoms with E-state index in [9.17, 15) is 0 Å². The standard InChI is InChI=1S/C14H22N2O2/c1-10(2)18-14-12(5-4-8-15-14)16-13(9-17-3)11-6-7-11/h4-5,8,10-11,13,16H,6-7,9H2,1-3H3. The topological polar surface area (TPSA) is 43.4 Å². The number of nitrogens with zero attached hydrogens (tertiary/aromatic N) is 1. The SMILES string of the molecule is COCC(Nc1cccnc1OC(C)C)C1CC1.